The standard InChI is InChI=1S/C19H28N4O.HI/c1-2-20-19(21-12-15-8-9-15)22-13-16-5-3-6-17(11-16)14-23-10-4-7-18(23)24;/h3,5-6,11,15H,2,4,7-10,12-14H2,1H3,(H2,20,21,22);1H. The molecule has 1 amide bonds. The van der Waals surface area contributed by atoms with Gasteiger partial charge in [-0.3, -0.25) is 4.79 Å². The fourth-order valence-corrected chi connectivity index (χ4v) is 2.99. The molecule has 1 saturated heterocycles. The number of carbonyl (C=O) groups excluding carboxylic acids is 1. The van der Waals surface area contributed by atoms with Gasteiger partial charge in [-0.15, -0.1) is 24.0 Å². The van der Waals surface area contributed by atoms with Crippen LogP contribution < -0.4 is 10.6 Å². The molecule has 0 radical (unpaired) electrons. The van der Waals surface area contributed by atoms with Gasteiger partial charge in [-0.2, -0.15) is 0 Å². The second-order valence-corrected chi connectivity index (χ2v) is 6.76. The molecule has 0 spiro atoms. The molecular formula is C19H29IN4O. The van der Waals surface area contributed by atoms with Crippen LogP contribution in [0.2, 0.25) is 0 Å². The zero-order chi connectivity index (χ0) is 16.8. The molecule has 138 valence electrons. The second kappa shape index (κ2) is 9.99. The third kappa shape index (κ3) is 6.49. The molecule has 2 fully saturated rings. The van der Waals surface area contributed by atoms with Crippen LogP contribution in [0.4, 0.5) is 0 Å². The number of carbonyl (C=O) groups is 1. The number of aliphatic imine (C=N–C) groups is 1. The number of likely N-dealkylation sites (tertiary alicyclic amines) is 1. The van der Waals surface area contributed by atoms with Crippen molar-refractivity contribution in [2.45, 2.75) is 45.7 Å². The van der Waals surface area contributed by atoms with Gasteiger partial charge >= 0.3 is 0 Å². The Labute approximate surface area is 167 Å². The van der Waals surface area contributed by atoms with E-state index in [2.05, 4.69) is 46.8 Å². The average Bonchev–Trinajstić information content (AvgIpc) is 3.33. The molecular weight excluding hydrogens is 427 g/mol. The van der Waals surface area contributed by atoms with Gasteiger partial charge in [-0.05, 0) is 43.2 Å². The van der Waals surface area contributed by atoms with Crippen LogP contribution in [0.25, 0.3) is 0 Å². The Bertz CT molecular complexity index is 601. The summed E-state index contributed by atoms with van der Waals surface area (Å²) in [6, 6.07) is 8.42. The average molecular weight is 456 g/mol. The van der Waals surface area contributed by atoms with Crippen molar-refractivity contribution >= 4 is 35.8 Å². The third-order valence-electron chi connectivity index (χ3n) is 4.56. The summed E-state index contributed by atoms with van der Waals surface area (Å²) in [6.07, 6.45) is 4.36. The molecule has 1 aromatic rings. The van der Waals surface area contributed by atoms with Gasteiger partial charge in [0.05, 0.1) is 6.54 Å². The van der Waals surface area contributed by atoms with Crippen molar-refractivity contribution in [3.8, 4) is 0 Å². The van der Waals surface area contributed by atoms with Gasteiger partial charge in [0.15, 0.2) is 5.96 Å². The molecule has 0 atom stereocenters. The van der Waals surface area contributed by atoms with Crippen LogP contribution in [0.5, 0.6) is 0 Å². The monoisotopic (exact) mass is 456 g/mol. The number of nitrogens with zero attached hydrogens (tertiary/aromatic N) is 2. The van der Waals surface area contributed by atoms with Gasteiger partial charge in [0.1, 0.15) is 0 Å². The van der Waals surface area contributed by atoms with Gasteiger partial charge in [0.25, 0.3) is 0 Å². The number of guanidine groups is 1. The second-order valence-electron chi connectivity index (χ2n) is 6.76. The number of hydrogen-bond acceptors (Lipinski definition) is 2. The first-order valence-corrected chi connectivity index (χ1v) is 9.12. The van der Waals surface area contributed by atoms with Gasteiger partial charge in [0, 0.05) is 32.6 Å². The fraction of sp³-hybridized carbons (Fsp3) is 0.579. The van der Waals surface area contributed by atoms with Crippen LogP contribution >= 0.6 is 24.0 Å². The Balaban J connectivity index is 0.00000225. The van der Waals surface area contributed by atoms with Crippen LogP contribution in [-0.4, -0.2) is 36.4 Å². The minimum Gasteiger partial charge on any atom is -0.357 e. The Morgan fingerprint density at radius 3 is 2.76 bits per heavy atom. The van der Waals surface area contributed by atoms with E-state index in [1.54, 1.807) is 0 Å². The lowest BCUT2D eigenvalue weighted by atomic mass is 10.1. The molecule has 6 heteroatoms. The lowest BCUT2D eigenvalue weighted by Crippen LogP contribution is -2.38. The number of hydrogen-bond donors (Lipinski definition) is 2. The van der Waals surface area contributed by atoms with E-state index in [9.17, 15) is 4.79 Å². The molecule has 1 saturated carbocycles. The van der Waals surface area contributed by atoms with Crippen molar-refractivity contribution in [3.63, 3.8) is 0 Å². The zero-order valence-corrected chi connectivity index (χ0v) is 17.3. The molecule has 0 bridgehead atoms. The molecule has 0 unspecified atom stereocenters. The van der Waals surface area contributed by atoms with Gasteiger partial charge in [-0.25, -0.2) is 4.99 Å². The van der Waals surface area contributed by atoms with Crippen molar-refractivity contribution in [2.24, 2.45) is 10.9 Å². The molecule has 0 aromatic heterocycles. The van der Waals surface area contributed by atoms with Crippen LogP contribution in [0.1, 0.15) is 43.7 Å². The van der Waals surface area contributed by atoms with Crippen LogP contribution in [0.3, 0.4) is 0 Å². The zero-order valence-electron chi connectivity index (χ0n) is 15.0. The summed E-state index contributed by atoms with van der Waals surface area (Å²) in [5.41, 5.74) is 2.37. The van der Waals surface area contributed by atoms with E-state index in [4.69, 9.17) is 0 Å². The molecule has 1 heterocycles. The van der Waals surface area contributed by atoms with Crippen molar-refractivity contribution in [3.05, 3.63) is 35.4 Å². The highest BCUT2D eigenvalue weighted by molar-refractivity contribution is 14.0. The van der Waals surface area contributed by atoms with E-state index in [1.807, 2.05) is 4.90 Å². The van der Waals surface area contributed by atoms with Crippen LogP contribution in [0.15, 0.2) is 29.3 Å². The molecule has 3 rings (SSSR count). The topological polar surface area (TPSA) is 56.7 Å². The highest BCUT2D eigenvalue weighted by atomic mass is 127. The van der Waals surface area contributed by atoms with Gasteiger partial charge in [0.2, 0.25) is 5.91 Å². The van der Waals surface area contributed by atoms with E-state index in [1.165, 1.54) is 24.0 Å². The first-order valence-electron chi connectivity index (χ1n) is 9.12. The maximum atomic E-state index is 11.8. The van der Waals surface area contributed by atoms with E-state index in [-0.39, 0.29) is 29.9 Å². The number of nitrogens with one attached hydrogen (secondary N) is 2. The van der Waals surface area contributed by atoms with Crippen LogP contribution in [-0.2, 0) is 17.9 Å². The minimum absolute atomic E-state index is 0. The summed E-state index contributed by atoms with van der Waals surface area (Å²) in [4.78, 5) is 18.4. The Morgan fingerprint density at radius 2 is 2.08 bits per heavy atom. The van der Waals surface area contributed by atoms with Crippen molar-refractivity contribution in [1.82, 2.24) is 15.5 Å². The quantitative estimate of drug-likeness (QED) is 0.377. The predicted molar refractivity (Wildman–Crippen MR) is 112 cm³/mol. The largest absolute Gasteiger partial charge is 0.357 e. The highest BCUT2D eigenvalue weighted by Gasteiger charge is 2.21. The maximum Gasteiger partial charge on any atom is 0.222 e. The summed E-state index contributed by atoms with van der Waals surface area (Å²) in [6.45, 7) is 6.23. The summed E-state index contributed by atoms with van der Waals surface area (Å²) in [7, 11) is 0. The van der Waals surface area contributed by atoms with Gasteiger partial charge < -0.3 is 15.5 Å². The van der Waals surface area contributed by atoms with E-state index >= 15 is 0 Å². The summed E-state index contributed by atoms with van der Waals surface area (Å²) < 4.78 is 0. The lowest BCUT2D eigenvalue weighted by Gasteiger charge is -2.16. The normalized spacial score (nSPS) is 17.4. The molecule has 2 aliphatic rings. The molecule has 1 aromatic carbocycles. The number of amides is 1. The summed E-state index contributed by atoms with van der Waals surface area (Å²) >= 11 is 0. The van der Waals surface area contributed by atoms with Crippen LogP contribution in [0, 0.1) is 5.92 Å². The third-order valence-corrected chi connectivity index (χ3v) is 4.56. The molecule has 5 nitrogen and oxygen atoms in total. The number of benzene rings is 1. The first kappa shape index (κ1) is 20.0. The predicted octanol–water partition coefficient (Wildman–Crippen LogP) is 2.89. The van der Waals surface area contributed by atoms with E-state index < -0.39 is 0 Å². The SMILES string of the molecule is CCNC(=NCc1cccc(CN2CCCC2=O)c1)NCC1CC1.I. The Hall–Kier alpha value is -1.31. The molecule has 1 aliphatic carbocycles. The van der Waals surface area contributed by atoms with E-state index in [0.29, 0.717) is 13.0 Å². The van der Waals surface area contributed by atoms with Crippen molar-refractivity contribution in [2.75, 3.05) is 19.6 Å². The molecule has 25 heavy (non-hydrogen) atoms. The minimum atomic E-state index is 0. The summed E-state index contributed by atoms with van der Waals surface area (Å²) in [5, 5.41) is 6.72. The molecule has 2 N–H and O–H groups in total. The summed E-state index contributed by atoms with van der Waals surface area (Å²) in [5.74, 6) is 2.00. The molecule has 1 aliphatic heterocycles. The maximum absolute atomic E-state index is 11.8. The van der Waals surface area contributed by atoms with Crippen molar-refractivity contribution < 1.29 is 4.79 Å². The first-order chi connectivity index (χ1) is 11.7. The Morgan fingerprint density at radius 1 is 1.28 bits per heavy atom. The van der Waals surface area contributed by atoms with E-state index in [0.717, 1.165) is 44.5 Å². The lowest BCUT2D eigenvalue weighted by molar-refractivity contribution is -0.128. The smallest absolute Gasteiger partial charge is 0.222 e. The highest BCUT2D eigenvalue weighted by Crippen LogP contribution is 2.27. The van der Waals surface area contributed by atoms with Crippen molar-refractivity contribution in [1.29, 1.82) is 0 Å². The number of halogens is 1. The number of rotatable bonds is 7. The van der Waals surface area contributed by atoms with Gasteiger partial charge in [-0.1, -0.05) is 24.3 Å². The Kier molecular flexibility index (Phi) is 7.99. The fourth-order valence-electron chi connectivity index (χ4n) is 2.99.